The molecule has 3 heteroatoms. The number of ether oxygens (including phenoxy) is 1. The predicted molar refractivity (Wildman–Crippen MR) is 61.0 cm³/mol. The van der Waals surface area contributed by atoms with Crippen LogP contribution in [0, 0.1) is 0 Å². The fourth-order valence-corrected chi connectivity index (χ4v) is 1.57. The summed E-state index contributed by atoms with van der Waals surface area (Å²) in [5.41, 5.74) is 0. The van der Waals surface area contributed by atoms with E-state index in [0.29, 0.717) is 6.61 Å². The molecule has 0 rings (SSSR count). The van der Waals surface area contributed by atoms with E-state index in [1.54, 1.807) is 0 Å². The van der Waals surface area contributed by atoms with Crippen molar-refractivity contribution in [1.82, 2.24) is 0 Å². The summed E-state index contributed by atoms with van der Waals surface area (Å²) in [5.74, 6) is -0.779. The van der Waals surface area contributed by atoms with Crippen molar-refractivity contribution in [3.05, 3.63) is 0 Å². The van der Waals surface area contributed by atoms with Crippen LogP contribution in [-0.4, -0.2) is 23.8 Å². The molecule has 0 fully saturated rings. The molecule has 1 unspecified atom stereocenters. The standard InChI is InChI=1S/C12H24O3/c1-3-5-6-8-11(7-4-2)15-10-9-12(13)14/h11H,3-10H2,1-2H3,(H,13,14). The van der Waals surface area contributed by atoms with E-state index in [1.807, 2.05) is 0 Å². The second-order valence-electron chi connectivity index (χ2n) is 3.92. The first kappa shape index (κ1) is 14.4. The van der Waals surface area contributed by atoms with Crippen LogP contribution in [-0.2, 0) is 9.53 Å². The topological polar surface area (TPSA) is 46.5 Å². The Morgan fingerprint density at radius 1 is 1.20 bits per heavy atom. The van der Waals surface area contributed by atoms with Crippen molar-refractivity contribution in [1.29, 1.82) is 0 Å². The summed E-state index contributed by atoms with van der Waals surface area (Å²) < 4.78 is 5.56. The Bertz CT molecular complexity index is 157. The minimum absolute atomic E-state index is 0.119. The third kappa shape index (κ3) is 9.73. The van der Waals surface area contributed by atoms with Gasteiger partial charge in [-0.15, -0.1) is 0 Å². The molecule has 0 aromatic heterocycles. The number of hydrogen-bond acceptors (Lipinski definition) is 2. The fourth-order valence-electron chi connectivity index (χ4n) is 1.57. The molecule has 0 bridgehead atoms. The molecule has 1 atom stereocenters. The number of carbonyl (C=O) groups is 1. The van der Waals surface area contributed by atoms with Crippen molar-refractivity contribution in [3.63, 3.8) is 0 Å². The Labute approximate surface area is 92.8 Å². The minimum atomic E-state index is -0.779. The van der Waals surface area contributed by atoms with Gasteiger partial charge in [-0.2, -0.15) is 0 Å². The zero-order valence-electron chi connectivity index (χ0n) is 10.00. The first-order valence-corrected chi connectivity index (χ1v) is 6.04. The Kier molecular flexibility index (Phi) is 9.59. The molecule has 0 aromatic carbocycles. The van der Waals surface area contributed by atoms with E-state index in [0.717, 1.165) is 19.3 Å². The Hall–Kier alpha value is -0.570. The Balaban J connectivity index is 3.57. The molecule has 0 spiro atoms. The lowest BCUT2D eigenvalue weighted by molar-refractivity contribution is -0.138. The molecule has 0 aliphatic heterocycles. The summed E-state index contributed by atoms with van der Waals surface area (Å²) >= 11 is 0. The molecule has 0 radical (unpaired) electrons. The fraction of sp³-hybridized carbons (Fsp3) is 0.917. The van der Waals surface area contributed by atoms with Gasteiger partial charge in [-0.1, -0.05) is 39.5 Å². The molecule has 3 nitrogen and oxygen atoms in total. The third-order valence-corrected chi connectivity index (χ3v) is 2.41. The summed E-state index contributed by atoms with van der Waals surface area (Å²) in [4.78, 5) is 10.3. The average molecular weight is 216 g/mol. The molecule has 0 amide bonds. The maximum absolute atomic E-state index is 10.3. The summed E-state index contributed by atoms with van der Waals surface area (Å²) in [6, 6.07) is 0. The number of carboxylic acids is 1. The van der Waals surface area contributed by atoms with Crippen LogP contribution in [0.3, 0.4) is 0 Å². The third-order valence-electron chi connectivity index (χ3n) is 2.41. The molecule has 15 heavy (non-hydrogen) atoms. The van der Waals surface area contributed by atoms with Gasteiger partial charge in [0.2, 0.25) is 0 Å². The van der Waals surface area contributed by atoms with Crippen molar-refractivity contribution in [2.75, 3.05) is 6.61 Å². The van der Waals surface area contributed by atoms with E-state index >= 15 is 0 Å². The van der Waals surface area contributed by atoms with Gasteiger partial charge in [-0.25, -0.2) is 0 Å². The highest BCUT2D eigenvalue weighted by atomic mass is 16.5. The van der Waals surface area contributed by atoms with E-state index in [9.17, 15) is 4.79 Å². The van der Waals surface area contributed by atoms with Gasteiger partial charge in [0.25, 0.3) is 0 Å². The smallest absolute Gasteiger partial charge is 0.305 e. The van der Waals surface area contributed by atoms with Crippen LogP contribution >= 0.6 is 0 Å². The number of rotatable bonds is 10. The molecule has 0 saturated heterocycles. The van der Waals surface area contributed by atoms with Crippen molar-refractivity contribution in [3.8, 4) is 0 Å². The second kappa shape index (κ2) is 9.97. The highest BCUT2D eigenvalue weighted by molar-refractivity contribution is 5.66. The van der Waals surface area contributed by atoms with Crippen LogP contribution in [0.2, 0.25) is 0 Å². The SMILES string of the molecule is CCCCCC(CCC)OCCC(=O)O. The largest absolute Gasteiger partial charge is 0.481 e. The van der Waals surface area contributed by atoms with Gasteiger partial charge in [-0.05, 0) is 12.8 Å². The Morgan fingerprint density at radius 2 is 1.93 bits per heavy atom. The lowest BCUT2D eigenvalue weighted by Gasteiger charge is -2.16. The van der Waals surface area contributed by atoms with Crippen LogP contribution in [0.4, 0.5) is 0 Å². The lowest BCUT2D eigenvalue weighted by Crippen LogP contribution is -2.15. The maximum atomic E-state index is 10.3. The molecule has 90 valence electrons. The second-order valence-corrected chi connectivity index (χ2v) is 3.92. The molecule has 0 aliphatic carbocycles. The summed E-state index contributed by atoms with van der Waals surface area (Å²) in [5, 5.41) is 8.49. The number of carboxylic acid groups (broad SMARTS) is 1. The highest BCUT2D eigenvalue weighted by Crippen LogP contribution is 2.12. The van der Waals surface area contributed by atoms with Crippen molar-refractivity contribution < 1.29 is 14.6 Å². The monoisotopic (exact) mass is 216 g/mol. The predicted octanol–water partition coefficient (Wildman–Crippen LogP) is 3.23. The van der Waals surface area contributed by atoms with Crippen molar-refractivity contribution in [2.24, 2.45) is 0 Å². The van der Waals surface area contributed by atoms with Gasteiger partial charge >= 0.3 is 5.97 Å². The zero-order chi connectivity index (χ0) is 11.5. The molecule has 0 aromatic rings. The van der Waals surface area contributed by atoms with E-state index in [2.05, 4.69) is 13.8 Å². The summed E-state index contributed by atoms with van der Waals surface area (Å²) in [6.07, 6.45) is 7.24. The number of unbranched alkanes of at least 4 members (excludes halogenated alkanes) is 2. The van der Waals surface area contributed by atoms with E-state index < -0.39 is 5.97 Å². The summed E-state index contributed by atoms with van der Waals surface area (Å²) in [6.45, 7) is 4.67. The first-order valence-electron chi connectivity index (χ1n) is 6.04. The van der Waals surface area contributed by atoms with E-state index in [4.69, 9.17) is 9.84 Å². The lowest BCUT2D eigenvalue weighted by atomic mass is 10.1. The van der Waals surface area contributed by atoms with Crippen LogP contribution in [0.25, 0.3) is 0 Å². The van der Waals surface area contributed by atoms with Gasteiger partial charge < -0.3 is 9.84 Å². The quantitative estimate of drug-likeness (QED) is 0.570. The van der Waals surface area contributed by atoms with Crippen molar-refractivity contribution in [2.45, 2.75) is 64.9 Å². The first-order chi connectivity index (χ1) is 7.20. The normalized spacial score (nSPS) is 12.7. The van der Waals surface area contributed by atoms with Crippen LogP contribution in [0.15, 0.2) is 0 Å². The van der Waals surface area contributed by atoms with E-state index in [1.165, 1.54) is 19.3 Å². The van der Waals surface area contributed by atoms with E-state index in [-0.39, 0.29) is 12.5 Å². The summed E-state index contributed by atoms with van der Waals surface area (Å²) in [7, 11) is 0. The average Bonchev–Trinajstić information content (AvgIpc) is 2.17. The molecular weight excluding hydrogens is 192 g/mol. The Morgan fingerprint density at radius 3 is 2.47 bits per heavy atom. The molecule has 0 heterocycles. The van der Waals surface area contributed by atoms with Gasteiger partial charge in [0, 0.05) is 0 Å². The molecule has 1 N–H and O–H groups in total. The van der Waals surface area contributed by atoms with Gasteiger partial charge in [0.1, 0.15) is 0 Å². The van der Waals surface area contributed by atoms with Crippen LogP contribution in [0.5, 0.6) is 0 Å². The van der Waals surface area contributed by atoms with Gasteiger partial charge in [0.05, 0.1) is 19.1 Å². The molecule has 0 saturated carbocycles. The van der Waals surface area contributed by atoms with Crippen LogP contribution in [0.1, 0.15) is 58.8 Å². The minimum Gasteiger partial charge on any atom is -0.481 e. The highest BCUT2D eigenvalue weighted by Gasteiger charge is 2.08. The zero-order valence-corrected chi connectivity index (χ0v) is 10.00. The van der Waals surface area contributed by atoms with Gasteiger partial charge in [-0.3, -0.25) is 4.79 Å². The molecule has 0 aliphatic rings. The van der Waals surface area contributed by atoms with Crippen LogP contribution < -0.4 is 0 Å². The molecular formula is C12H24O3. The van der Waals surface area contributed by atoms with Crippen molar-refractivity contribution >= 4 is 5.97 Å². The number of aliphatic carboxylic acids is 1. The van der Waals surface area contributed by atoms with Gasteiger partial charge in [0.15, 0.2) is 0 Å². The number of hydrogen-bond donors (Lipinski definition) is 1. The maximum Gasteiger partial charge on any atom is 0.305 e.